The lowest BCUT2D eigenvalue weighted by atomic mass is 9.90. The topological polar surface area (TPSA) is 26.0 Å². The van der Waals surface area contributed by atoms with Crippen LogP contribution in [-0.2, 0) is 0 Å². The van der Waals surface area contributed by atoms with Crippen LogP contribution < -0.4 is 5.73 Å². The van der Waals surface area contributed by atoms with Gasteiger partial charge in [0.1, 0.15) is 0 Å². The zero-order valence-corrected chi connectivity index (χ0v) is 12.4. The Morgan fingerprint density at radius 2 is 1.10 bits per heavy atom. The van der Waals surface area contributed by atoms with Gasteiger partial charge in [0.2, 0.25) is 0 Å². The predicted octanol–water partition coefficient (Wildman–Crippen LogP) is 5.22. The quantitative estimate of drug-likeness (QED) is 0.636. The van der Waals surface area contributed by atoms with Crippen molar-refractivity contribution < 1.29 is 0 Å². The van der Waals surface area contributed by atoms with Crippen molar-refractivity contribution in [1.82, 2.24) is 0 Å². The van der Waals surface area contributed by atoms with Crippen LogP contribution in [0.5, 0.6) is 0 Å². The molecule has 3 aromatic rings. The van der Waals surface area contributed by atoms with E-state index < -0.39 is 0 Å². The van der Waals surface area contributed by atoms with Gasteiger partial charge in [0.05, 0.1) is 0 Å². The summed E-state index contributed by atoms with van der Waals surface area (Å²) in [6.45, 7) is 4.24. The Bertz CT molecular complexity index is 695. The van der Waals surface area contributed by atoms with Crippen LogP contribution in [0.15, 0.2) is 66.7 Å². The van der Waals surface area contributed by atoms with Crippen molar-refractivity contribution in [3.8, 4) is 22.3 Å². The summed E-state index contributed by atoms with van der Waals surface area (Å²) in [7, 11) is 0. The summed E-state index contributed by atoms with van der Waals surface area (Å²) in [5.41, 5.74) is 14.4. The second-order valence-corrected chi connectivity index (χ2v) is 5.37. The molecule has 0 saturated carbocycles. The maximum atomic E-state index is 6.36. The first-order valence-electron chi connectivity index (χ1n) is 7.19. The molecule has 1 nitrogen and oxygen atoms in total. The summed E-state index contributed by atoms with van der Waals surface area (Å²) in [6.07, 6.45) is 0. The highest BCUT2D eigenvalue weighted by molar-refractivity contribution is 5.86. The lowest BCUT2D eigenvalue weighted by Gasteiger charge is -2.16. The molecule has 2 N–H and O–H groups in total. The van der Waals surface area contributed by atoms with Crippen LogP contribution >= 0.6 is 0 Å². The normalized spacial score (nSPS) is 10.6. The van der Waals surface area contributed by atoms with Crippen molar-refractivity contribution in [2.75, 3.05) is 5.73 Å². The van der Waals surface area contributed by atoms with E-state index in [2.05, 4.69) is 56.3 Å². The van der Waals surface area contributed by atoms with Gasteiger partial charge in [-0.15, -0.1) is 0 Å². The van der Waals surface area contributed by atoms with Gasteiger partial charge in [-0.3, -0.25) is 0 Å². The summed E-state index contributed by atoms with van der Waals surface area (Å²) in [4.78, 5) is 0. The van der Waals surface area contributed by atoms with Gasteiger partial charge in [0.15, 0.2) is 0 Å². The first kappa shape index (κ1) is 13.4. The van der Waals surface area contributed by atoms with Crippen LogP contribution in [-0.4, -0.2) is 0 Å². The number of nitrogen functional groups attached to an aromatic ring is 1. The molecule has 3 aromatic carbocycles. The molecule has 21 heavy (non-hydrogen) atoms. The Hall–Kier alpha value is -2.54. The molecule has 0 spiro atoms. The number of hydrogen-bond acceptors (Lipinski definition) is 1. The van der Waals surface area contributed by atoms with Gasteiger partial charge in [-0.25, -0.2) is 0 Å². The highest BCUT2D eigenvalue weighted by Crippen LogP contribution is 2.36. The fraction of sp³-hybridized carbons (Fsp3) is 0.100. The second kappa shape index (κ2) is 5.45. The van der Waals surface area contributed by atoms with Crippen LogP contribution in [0, 0.1) is 13.8 Å². The molecule has 3 rings (SSSR count). The molecule has 0 unspecified atom stereocenters. The predicted molar refractivity (Wildman–Crippen MR) is 91.2 cm³/mol. The third kappa shape index (κ3) is 2.43. The molecule has 0 aliphatic heterocycles. The van der Waals surface area contributed by atoms with E-state index in [4.69, 9.17) is 5.73 Å². The van der Waals surface area contributed by atoms with Gasteiger partial charge < -0.3 is 5.73 Å². The number of anilines is 1. The maximum absolute atomic E-state index is 6.36. The number of benzene rings is 3. The van der Waals surface area contributed by atoms with Crippen molar-refractivity contribution in [3.63, 3.8) is 0 Å². The van der Waals surface area contributed by atoms with Gasteiger partial charge in [-0.1, -0.05) is 60.7 Å². The largest absolute Gasteiger partial charge is 0.398 e. The first-order chi connectivity index (χ1) is 10.2. The molecule has 0 radical (unpaired) electrons. The molecule has 0 aliphatic rings. The Morgan fingerprint density at radius 1 is 0.619 bits per heavy atom. The van der Waals surface area contributed by atoms with E-state index in [1.54, 1.807) is 0 Å². The Labute approximate surface area is 126 Å². The van der Waals surface area contributed by atoms with Crippen molar-refractivity contribution in [1.29, 1.82) is 0 Å². The Morgan fingerprint density at radius 3 is 1.62 bits per heavy atom. The summed E-state index contributed by atoms with van der Waals surface area (Å²) in [6, 6.07) is 23.0. The molecular formula is C20H19N. The van der Waals surface area contributed by atoms with E-state index in [0.29, 0.717) is 0 Å². The maximum Gasteiger partial charge on any atom is 0.0426 e. The highest BCUT2D eigenvalue weighted by atomic mass is 14.6. The smallest absolute Gasteiger partial charge is 0.0426 e. The molecular weight excluding hydrogens is 254 g/mol. The SMILES string of the molecule is Cc1c(-c2ccccc2)cc(-c2ccccc2)c(N)c1C. The van der Waals surface area contributed by atoms with Gasteiger partial charge in [0.25, 0.3) is 0 Å². The zero-order valence-electron chi connectivity index (χ0n) is 12.4. The third-order valence-electron chi connectivity index (χ3n) is 4.12. The van der Waals surface area contributed by atoms with E-state index in [-0.39, 0.29) is 0 Å². The van der Waals surface area contributed by atoms with Gasteiger partial charge in [-0.05, 0) is 47.7 Å². The van der Waals surface area contributed by atoms with Gasteiger partial charge in [0, 0.05) is 11.3 Å². The average molecular weight is 273 g/mol. The van der Waals surface area contributed by atoms with E-state index in [1.807, 2.05) is 24.3 Å². The number of hydrogen-bond donors (Lipinski definition) is 1. The minimum atomic E-state index is 0.874. The summed E-state index contributed by atoms with van der Waals surface area (Å²) in [5.74, 6) is 0. The Kier molecular flexibility index (Phi) is 3.49. The first-order valence-corrected chi connectivity index (χ1v) is 7.19. The number of nitrogens with two attached hydrogens (primary N) is 1. The third-order valence-corrected chi connectivity index (χ3v) is 4.12. The van der Waals surface area contributed by atoms with E-state index in [9.17, 15) is 0 Å². The van der Waals surface area contributed by atoms with Gasteiger partial charge in [-0.2, -0.15) is 0 Å². The lowest BCUT2D eigenvalue weighted by molar-refractivity contribution is 1.34. The molecule has 0 amide bonds. The fourth-order valence-electron chi connectivity index (χ4n) is 2.71. The van der Waals surface area contributed by atoms with Gasteiger partial charge >= 0.3 is 0 Å². The van der Waals surface area contributed by atoms with Crippen molar-refractivity contribution in [2.24, 2.45) is 0 Å². The molecule has 0 aromatic heterocycles. The van der Waals surface area contributed by atoms with Crippen LogP contribution in [0.3, 0.4) is 0 Å². The minimum Gasteiger partial charge on any atom is -0.398 e. The molecule has 104 valence electrons. The zero-order chi connectivity index (χ0) is 14.8. The molecule has 0 aliphatic carbocycles. The van der Waals surface area contributed by atoms with Crippen LogP contribution in [0.25, 0.3) is 22.3 Å². The monoisotopic (exact) mass is 273 g/mol. The fourth-order valence-corrected chi connectivity index (χ4v) is 2.71. The van der Waals surface area contributed by atoms with Crippen molar-refractivity contribution in [3.05, 3.63) is 77.9 Å². The Balaban J connectivity index is 2.26. The molecule has 0 atom stereocenters. The molecule has 0 bridgehead atoms. The minimum absolute atomic E-state index is 0.874. The summed E-state index contributed by atoms with van der Waals surface area (Å²) in [5, 5.41) is 0. The highest BCUT2D eigenvalue weighted by Gasteiger charge is 2.12. The standard InChI is InChI=1S/C20H19N/c1-14-15(2)20(21)19(17-11-7-4-8-12-17)13-18(14)16-9-5-3-6-10-16/h3-13H,21H2,1-2H3. The summed E-state index contributed by atoms with van der Waals surface area (Å²) >= 11 is 0. The molecule has 1 heteroatoms. The molecule has 0 heterocycles. The second-order valence-electron chi connectivity index (χ2n) is 5.37. The summed E-state index contributed by atoms with van der Waals surface area (Å²) < 4.78 is 0. The average Bonchev–Trinajstić information content (AvgIpc) is 2.55. The lowest BCUT2D eigenvalue weighted by Crippen LogP contribution is -1.98. The molecule has 0 fully saturated rings. The van der Waals surface area contributed by atoms with E-state index in [0.717, 1.165) is 22.4 Å². The van der Waals surface area contributed by atoms with Crippen LogP contribution in [0.4, 0.5) is 5.69 Å². The van der Waals surface area contributed by atoms with Crippen LogP contribution in [0.1, 0.15) is 11.1 Å². The number of rotatable bonds is 2. The van der Waals surface area contributed by atoms with E-state index in [1.165, 1.54) is 16.7 Å². The molecule has 0 saturated heterocycles. The van der Waals surface area contributed by atoms with E-state index >= 15 is 0 Å². The van der Waals surface area contributed by atoms with Crippen LogP contribution in [0.2, 0.25) is 0 Å². The van der Waals surface area contributed by atoms with Crippen molar-refractivity contribution >= 4 is 5.69 Å². The van der Waals surface area contributed by atoms with Crippen molar-refractivity contribution in [2.45, 2.75) is 13.8 Å².